The minimum absolute atomic E-state index is 0.619. The molecule has 3 aromatic heterocycles. The summed E-state index contributed by atoms with van der Waals surface area (Å²) in [6.07, 6.45) is 8.41. The Morgan fingerprint density at radius 2 is 2.36 bits per heavy atom. The molecule has 0 radical (unpaired) electrons. The normalized spacial score (nSPS) is 11.1. The van der Waals surface area contributed by atoms with Crippen LogP contribution < -0.4 is 5.43 Å². The number of fused-ring (bicyclic) bond motifs is 1. The van der Waals surface area contributed by atoms with Crippen molar-refractivity contribution in [1.29, 1.82) is 0 Å². The minimum atomic E-state index is 0.619. The molecular weight excluding hydrogens is 316 g/mol. The van der Waals surface area contributed by atoms with Gasteiger partial charge in [0.2, 0.25) is 0 Å². The molecule has 0 bridgehead atoms. The third-order valence-corrected chi connectivity index (χ3v) is 4.28. The molecule has 0 aliphatic rings. The monoisotopic (exact) mass is 328 g/mol. The van der Waals surface area contributed by atoms with E-state index in [1.807, 2.05) is 16.7 Å². The van der Waals surface area contributed by atoms with Gasteiger partial charge in [-0.1, -0.05) is 23.5 Å². The fourth-order valence-corrected chi connectivity index (χ4v) is 3.18. The van der Waals surface area contributed by atoms with Crippen LogP contribution in [0.2, 0.25) is 0 Å². The van der Waals surface area contributed by atoms with Crippen LogP contribution in [0.1, 0.15) is 5.56 Å². The van der Waals surface area contributed by atoms with E-state index in [0.717, 1.165) is 19.9 Å². The lowest BCUT2D eigenvalue weighted by Crippen LogP contribution is -1.99. The van der Waals surface area contributed by atoms with Gasteiger partial charge < -0.3 is 4.57 Å². The Balaban J connectivity index is 1.91. The number of hydrogen-bond acceptors (Lipinski definition) is 7. The van der Waals surface area contributed by atoms with E-state index in [2.05, 4.69) is 32.1 Å². The second-order valence-corrected chi connectivity index (χ2v) is 5.94. The first-order valence-corrected chi connectivity index (χ1v) is 7.66. The van der Waals surface area contributed by atoms with Crippen molar-refractivity contribution in [2.45, 2.75) is 6.54 Å². The first-order valence-electron chi connectivity index (χ1n) is 6.44. The molecule has 0 amide bonds. The molecule has 0 atom stereocenters. The predicted molar refractivity (Wildman–Crippen MR) is 91.9 cm³/mol. The smallest absolute Gasteiger partial charge is 0.169 e. The van der Waals surface area contributed by atoms with Crippen molar-refractivity contribution in [1.82, 2.24) is 19.5 Å². The highest BCUT2D eigenvalue weighted by Crippen LogP contribution is 2.26. The van der Waals surface area contributed by atoms with Crippen LogP contribution in [0.5, 0.6) is 0 Å². The average Bonchev–Trinajstić information content (AvgIpc) is 2.86. The molecule has 0 aliphatic heterocycles. The summed E-state index contributed by atoms with van der Waals surface area (Å²) >= 11 is 6.81. The van der Waals surface area contributed by atoms with Crippen molar-refractivity contribution in [3.8, 4) is 0 Å². The second-order valence-electron chi connectivity index (χ2n) is 4.30. The molecule has 0 unspecified atom stereocenters. The van der Waals surface area contributed by atoms with Crippen molar-refractivity contribution in [3.05, 3.63) is 53.0 Å². The molecule has 0 saturated carbocycles. The van der Waals surface area contributed by atoms with Crippen LogP contribution in [-0.2, 0) is 6.54 Å². The van der Waals surface area contributed by atoms with E-state index in [1.54, 1.807) is 24.7 Å². The van der Waals surface area contributed by atoms with Crippen molar-refractivity contribution >= 4 is 45.9 Å². The van der Waals surface area contributed by atoms with Crippen molar-refractivity contribution < 1.29 is 0 Å². The lowest BCUT2D eigenvalue weighted by Gasteiger charge is -2.01. The van der Waals surface area contributed by atoms with Crippen LogP contribution in [0.4, 0.5) is 5.82 Å². The number of pyridine rings is 1. The molecule has 3 heterocycles. The summed E-state index contributed by atoms with van der Waals surface area (Å²) in [4.78, 5) is 12.5. The quantitative estimate of drug-likeness (QED) is 0.337. The van der Waals surface area contributed by atoms with Gasteiger partial charge in [-0.15, -0.1) is 6.58 Å². The second kappa shape index (κ2) is 6.54. The van der Waals surface area contributed by atoms with Gasteiger partial charge in [0.05, 0.1) is 6.21 Å². The molecule has 3 aromatic rings. The number of nitrogens with one attached hydrogen (secondary N) is 1. The highest BCUT2D eigenvalue weighted by Gasteiger charge is 2.10. The molecule has 0 aromatic carbocycles. The SMILES string of the molecule is C=CCn1c(=S)sc2c(NN=Cc3cccnc3)ncnc21. The summed E-state index contributed by atoms with van der Waals surface area (Å²) in [6, 6.07) is 3.77. The summed E-state index contributed by atoms with van der Waals surface area (Å²) in [6.45, 7) is 4.36. The fourth-order valence-electron chi connectivity index (χ4n) is 1.87. The molecule has 6 nitrogen and oxygen atoms in total. The third kappa shape index (κ3) is 2.92. The van der Waals surface area contributed by atoms with Gasteiger partial charge >= 0.3 is 0 Å². The van der Waals surface area contributed by atoms with Crippen molar-refractivity contribution in [2.24, 2.45) is 5.10 Å². The van der Waals surface area contributed by atoms with Crippen molar-refractivity contribution in [3.63, 3.8) is 0 Å². The predicted octanol–water partition coefficient (Wildman–Crippen LogP) is 3.25. The Kier molecular flexibility index (Phi) is 4.31. The average molecular weight is 328 g/mol. The van der Waals surface area contributed by atoms with E-state index in [9.17, 15) is 0 Å². The van der Waals surface area contributed by atoms with Crippen LogP contribution in [0.15, 0.2) is 48.6 Å². The molecule has 1 N–H and O–H groups in total. The largest absolute Gasteiger partial charge is 0.304 e. The first-order chi connectivity index (χ1) is 10.8. The number of rotatable bonds is 5. The van der Waals surface area contributed by atoms with E-state index in [1.165, 1.54) is 17.7 Å². The molecule has 0 aliphatic carbocycles. The van der Waals surface area contributed by atoms with Gasteiger partial charge in [-0.05, 0) is 18.3 Å². The first kappa shape index (κ1) is 14.5. The maximum Gasteiger partial charge on any atom is 0.169 e. The molecule has 0 fully saturated rings. The number of aromatic nitrogens is 4. The topological polar surface area (TPSA) is 68.0 Å². The number of hydrazone groups is 1. The number of allylic oxidation sites excluding steroid dienone is 1. The van der Waals surface area contributed by atoms with Crippen LogP contribution in [-0.4, -0.2) is 25.7 Å². The lowest BCUT2D eigenvalue weighted by atomic mass is 10.3. The van der Waals surface area contributed by atoms with Gasteiger partial charge in [-0.25, -0.2) is 9.97 Å². The van der Waals surface area contributed by atoms with E-state index in [-0.39, 0.29) is 0 Å². The summed E-state index contributed by atoms with van der Waals surface area (Å²) in [7, 11) is 0. The number of thiazole rings is 1. The maximum atomic E-state index is 5.36. The van der Waals surface area contributed by atoms with E-state index >= 15 is 0 Å². The number of hydrogen-bond donors (Lipinski definition) is 1. The molecule has 0 spiro atoms. The molecule has 22 heavy (non-hydrogen) atoms. The van der Waals surface area contributed by atoms with Gasteiger partial charge in [-0.2, -0.15) is 5.10 Å². The van der Waals surface area contributed by atoms with E-state index in [4.69, 9.17) is 12.2 Å². The number of nitrogens with zero attached hydrogens (tertiary/aromatic N) is 5. The Morgan fingerprint density at radius 1 is 1.45 bits per heavy atom. The zero-order valence-electron chi connectivity index (χ0n) is 11.5. The van der Waals surface area contributed by atoms with Gasteiger partial charge in [0, 0.05) is 24.5 Å². The zero-order valence-corrected chi connectivity index (χ0v) is 13.1. The molecule has 8 heteroatoms. The van der Waals surface area contributed by atoms with E-state index in [0.29, 0.717) is 12.4 Å². The summed E-state index contributed by atoms with van der Waals surface area (Å²) in [5.41, 5.74) is 4.62. The van der Waals surface area contributed by atoms with Gasteiger partial charge in [0.15, 0.2) is 15.4 Å². The zero-order chi connectivity index (χ0) is 15.4. The van der Waals surface area contributed by atoms with Crippen LogP contribution in [0, 0.1) is 3.95 Å². The molecule has 110 valence electrons. The Hall–Kier alpha value is -2.45. The van der Waals surface area contributed by atoms with Crippen molar-refractivity contribution in [2.75, 3.05) is 5.43 Å². The minimum Gasteiger partial charge on any atom is -0.304 e. The molecule has 3 rings (SSSR count). The third-order valence-electron chi connectivity index (χ3n) is 2.83. The van der Waals surface area contributed by atoms with Gasteiger partial charge in [-0.3, -0.25) is 10.4 Å². The maximum absolute atomic E-state index is 5.36. The summed E-state index contributed by atoms with van der Waals surface area (Å²) < 4.78 is 3.52. The number of anilines is 1. The summed E-state index contributed by atoms with van der Waals surface area (Å²) in [5.74, 6) is 0.629. The van der Waals surface area contributed by atoms with Crippen LogP contribution in [0.3, 0.4) is 0 Å². The Bertz CT molecular complexity index is 881. The van der Waals surface area contributed by atoms with Crippen LogP contribution >= 0.6 is 23.6 Å². The fraction of sp³-hybridized carbons (Fsp3) is 0.0714. The Labute approximate surface area is 135 Å². The van der Waals surface area contributed by atoms with Gasteiger partial charge in [0.25, 0.3) is 0 Å². The highest BCUT2D eigenvalue weighted by molar-refractivity contribution is 7.73. The Morgan fingerprint density at radius 3 is 3.14 bits per heavy atom. The standard InChI is InChI=1S/C14H12N6S2/c1-2-6-20-13-11(22-14(20)21)12(16-9-17-13)19-18-8-10-4-3-5-15-7-10/h2-5,7-9H,1,6H2,(H,16,17,19). The lowest BCUT2D eigenvalue weighted by molar-refractivity contribution is 0.845. The molecule has 0 saturated heterocycles. The molecular formula is C14H12N6S2. The van der Waals surface area contributed by atoms with E-state index < -0.39 is 0 Å². The summed E-state index contributed by atoms with van der Waals surface area (Å²) in [5, 5.41) is 4.18. The van der Waals surface area contributed by atoms with Crippen LogP contribution in [0.25, 0.3) is 10.3 Å². The van der Waals surface area contributed by atoms with Gasteiger partial charge in [0.1, 0.15) is 11.0 Å². The highest BCUT2D eigenvalue weighted by atomic mass is 32.1.